The lowest BCUT2D eigenvalue weighted by atomic mass is 9.97. The molecular formula is C27H30N2O3. The molecule has 32 heavy (non-hydrogen) atoms. The number of benzene rings is 3. The zero-order chi connectivity index (χ0) is 22.7. The van der Waals surface area contributed by atoms with Crippen LogP contribution >= 0.6 is 0 Å². The third kappa shape index (κ3) is 4.62. The maximum absolute atomic E-state index is 13.0. The average molecular weight is 431 g/mol. The largest absolute Gasteiger partial charge is 0.484 e. The minimum absolute atomic E-state index is 0.0129. The molecule has 2 unspecified atom stereocenters. The molecule has 0 N–H and O–H groups in total. The number of carbonyl (C=O) groups is 2. The Morgan fingerprint density at radius 1 is 0.938 bits per heavy atom. The van der Waals surface area contributed by atoms with Crippen LogP contribution in [-0.4, -0.2) is 42.5 Å². The Morgan fingerprint density at radius 2 is 1.59 bits per heavy atom. The molecular weight excluding hydrogens is 400 g/mol. The third-order valence-corrected chi connectivity index (χ3v) is 6.37. The standard InChI is InChI=1S/C27H30N2O3/c1-19-7-6-8-20(2)29(19)26(30)18-32-25-15-12-22(13-16-25)27(31)28(3)24-14-11-21-9-4-5-10-23(21)17-24/h4-5,9-17,19-20H,6-8,18H2,1-3H3. The van der Waals surface area contributed by atoms with Gasteiger partial charge < -0.3 is 14.5 Å². The van der Waals surface area contributed by atoms with Crippen LogP contribution in [0, 0.1) is 0 Å². The van der Waals surface area contributed by atoms with Crippen LogP contribution in [-0.2, 0) is 4.79 Å². The maximum atomic E-state index is 13.0. The number of carbonyl (C=O) groups excluding carboxylic acids is 2. The van der Waals surface area contributed by atoms with Crippen LogP contribution in [0.25, 0.3) is 10.8 Å². The van der Waals surface area contributed by atoms with E-state index in [1.165, 1.54) is 0 Å². The Labute approximate surface area is 189 Å². The fourth-order valence-corrected chi connectivity index (χ4v) is 4.52. The highest BCUT2D eigenvalue weighted by Crippen LogP contribution is 2.24. The number of ether oxygens (including phenoxy) is 1. The Morgan fingerprint density at radius 3 is 2.28 bits per heavy atom. The van der Waals surface area contributed by atoms with Gasteiger partial charge in [0.25, 0.3) is 11.8 Å². The van der Waals surface area contributed by atoms with Crippen molar-refractivity contribution in [2.24, 2.45) is 0 Å². The summed E-state index contributed by atoms with van der Waals surface area (Å²) in [6.45, 7) is 4.21. The molecule has 1 aliphatic rings. The van der Waals surface area contributed by atoms with E-state index < -0.39 is 0 Å². The summed E-state index contributed by atoms with van der Waals surface area (Å²) in [4.78, 5) is 29.2. The summed E-state index contributed by atoms with van der Waals surface area (Å²) in [6.07, 6.45) is 3.24. The molecule has 2 atom stereocenters. The molecule has 0 radical (unpaired) electrons. The van der Waals surface area contributed by atoms with Gasteiger partial charge in [0.05, 0.1) is 0 Å². The van der Waals surface area contributed by atoms with Gasteiger partial charge in [-0.3, -0.25) is 9.59 Å². The monoisotopic (exact) mass is 430 g/mol. The van der Waals surface area contributed by atoms with Crippen molar-refractivity contribution in [3.63, 3.8) is 0 Å². The van der Waals surface area contributed by atoms with Crippen molar-refractivity contribution in [3.05, 3.63) is 72.3 Å². The van der Waals surface area contributed by atoms with Gasteiger partial charge in [0.2, 0.25) is 0 Å². The van der Waals surface area contributed by atoms with E-state index in [9.17, 15) is 9.59 Å². The Bertz CT molecular complexity index is 1100. The Balaban J connectivity index is 1.39. The molecule has 0 spiro atoms. The molecule has 3 aromatic carbocycles. The first-order valence-electron chi connectivity index (χ1n) is 11.2. The van der Waals surface area contributed by atoms with Crippen molar-refractivity contribution in [1.29, 1.82) is 0 Å². The first-order chi connectivity index (χ1) is 15.4. The molecule has 2 amide bonds. The highest BCUT2D eigenvalue weighted by Gasteiger charge is 2.29. The summed E-state index contributed by atoms with van der Waals surface area (Å²) in [5, 5.41) is 2.23. The van der Waals surface area contributed by atoms with Crippen molar-refractivity contribution in [3.8, 4) is 5.75 Å². The molecule has 1 fully saturated rings. The molecule has 166 valence electrons. The van der Waals surface area contributed by atoms with Crippen LogP contribution < -0.4 is 9.64 Å². The van der Waals surface area contributed by atoms with Gasteiger partial charge in [-0.1, -0.05) is 30.3 Å². The van der Waals surface area contributed by atoms with Gasteiger partial charge in [-0.15, -0.1) is 0 Å². The quantitative estimate of drug-likeness (QED) is 0.553. The number of hydrogen-bond donors (Lipinski definition) is 0. The molecule has 0 bridgehead atoms. The molecule has 1 saturated heterocycles. The molecule has 1 heterocycles. The van der Waals surface area contributed by atoms with Gasteiger partial charge >= 0.3 is 0 Å². The van der Waals surface area contributed by atoms with Crippen molar-refractivity contribution in [2.45, 2.75) is 45.2 Å². The second kappa shape index (κ2) is 9.43. The predicted molar refractivity (Wildman–Crippen MR) is 128 cm³/mol. The summed E-state index contributed by atoms with van der Waals surface area (Å²) >= 11 is 0. The second-order valence-electron chi connectivity index (χ2n) is 8.64. The van der Waals surface area contributed by atoms with E-state index in [1.54, 1.807) is 36.2 Å². The van der Waals surface area contributed by atoms with Crippen molar-refractivity contribution >= 4 is 28.3 Å². The molecule has 0 aliphatic carbocycles. The van der Waals surface area contributed by atoms with Crippen LogP contribution in [0.5, 0.6) is 5.75 Å². The molecule has 0 saturated carbocycles. The summed E-state index contributed by atoms with van der Waals surface area (Å²) < 4.78 is 5.73. The van der Waals surface area contributed by atoms with Gasteiger partial charge in [0.15, 0.2) is 6.61 Å². The Kier molecular flexibility index (Phi) is 6.45. The van der Waals surface area contributed by atoms with Crippen molar-refractivity contribution in [2.75, 3.05) is 18.6 Å². The second-order valence-corrected chi connectivity index (χ2v) is 8.64. The van der Waals surface area contributed by atoms with E-state index in [0.29, 0.717) is 11.3 Å². The zero-order valence-corrected chi connectivity index (χ0v) is 19.0. The lowest BCUT2D eigenvalue weighted by Crippen LogP contribution is -2.49. The topological polar surface area (TPSA) is 49.9 Å². The van der Waals surface area contributed by atoms with Crippen molar-refractivity contribution in [1.82, 2.24) is 4.90 Å². The fraction of sp³-hybridized carbons (Fsp3) is 0.333. The average Bonchev–Trinajstić information content (AvgIpc) is 2.81. The maximum Gasteiger partial charge on any atom is 0.260 e. The normalized spacial score (nSPS) is 18.4. The molecule has 5 heteroatoms. The third-order valence-electron chi connectivity index (χ3n) is 6.37. The highest BCUT2D eigenvalue weighted by atomic mass is 16.5. The minimum atomic E-state index is -0.0983. The van der Waals surface area contributed by atoms with E-state index in [0.717, 1.165) is 35.7 Å². The van der Waals surface area contributed by atoms with Gasteiger partial charge in [-0.05, 0) is 80.3 Å². The molecule has 1 aliphatic heterocycles. The summed E-state index contributed by atoms with van der Waals surface area (Å²) in [7, 11) is 1.77. The highest BCUT2D eigenvalue weighted by molar-refractivity contribution is 6.06. The Hall–Kier alpha value is -3.34. The number of hydrogen-bond acceptors (Lipinski definition) is 3. The van der Waals surface area contributed by atoms with Crippen LogP contribution in [0.15, 0.2) is 66.7 Å². The van der Waals surface area contributed by atoms with Gasteiger partial charge in [-0.2, -0.15) is 0 Å². The number of likely N-dealkylation sites (tertiary alicyclic amines) is 1. The number of nitrogens with zero attached hydrogens (tertiary/aromatic N) is 2. The van der Waals surface area contributed by atoms with Crippen molar-refractivity contribution < 1.29 is 14.3 Å². The number of piperidine rings is 1. The first-order valence-corrected chi connectivity index (χ1v) is 11.2. The van der Waals surface area contributed by atoms with Gasteiger partial charge in [-0.25, -0.2) is 0 Å². The van der Waals surface area contributed by atoms with E-state index in [4.69, 9.17) is 4.74 Å². The van der Waals surface area contributed by atoms with Crippen LogP contribution in [0.2, 0.25) is 0 Å². The van der Waals surface area contributed by atoms with E-state index in [1.807, 2.05) is 41.3 Å². The zero-order valence-electron chi connectivity index (χ0n) is 19.0. The minimum Gasteiger partial charge on any atom is -0.484 e. The van der Waals surface area contributed by atoms with Gasteiger partial charge in [0.1, 0.15) is 5.75 Å². The van der Waals surface area contributed by atoms with Crippen LogP contribution in [0.4, 0.5) is 5.69 Å². The predicted octanol–water partition coefficient (Wildman–Crippen LogP) is 5.28. The van der Waals surface area contributed by atoms with E-state index >= 15 is 0 Å². The summed E-state index contributed by atoms with van der Waals surface area (Å²) in [5.41, 5.74) is 1.40. The smallest absolute Gasteiger partial charge is 0.260 e. The summed E-state index contributed by atoms with van der Waals surface area (Å²) in [5.74, 6) is 0.500. The SMILES string of the molecule is CC1CCCC(C)N1C(=O)COc1ccc(C(=O)N(C)c2ccc3ccccc3c2)cc1. The van der Waals surface area contributed by atoms with E-state index in [-0.39, 0.29) is 30.5 Å². The summed E-state index contributed by atoms with van der Waals surface area (Å²) in [6, 6.07) is 21.5. The van der Waals surface area contributed by atoms with Gasteiger partial charge in [0, 0.05) is 30.4 Å². The fourth-order valence-electron chi connectivity index (χ4n) is 4.52. The lowest BCUT2D eigenvalue weighted by Gasteiger charge is -2.38. The number of amides is 2. The van der Waals surface area contributed by atoms with E-state index in [2.05, 4.69) is 19.9 Å². The number of rotatable bonds is 5. The van der Waals surface area contributed by atoms with Crippen LogP contribution in [0.3, 0.4) is 0 Å². The molecule has 5 nitrogen and oxygen atoms in total. The molecule has 0 aromatic heterocycles. The number of fused-ring (bicyclic) bond motifs is 1. The molecule has 4 rings (SSSR count). The first kappa shape index (κ1) is 21.9. The van der Waals surface area contributed by atoms with Crippen LogP contribution in [0.1, 0.15) is 43.5 Å². The number of anilines is 1. The molecule has 3 aromatic rings. The lowest BCUT2D eigenvalue weighted by molar-refractivity contribution is -0.139.